The Labute approximate surface area is 94.3 Å². The number of carbonyl (C=O) groups excluding carboxylic acids is 1. The predicted molar refractivity (Wildman–Crippen MR) is 58.4 cm³/mol. The first kappa shape index (κ1) is 12.7. The van der Waals surface area contributed by atoms with E-state index in [0.29, 0.717) is 31.9 Å². The van der Waals surface area contributed by atoms with Crippen molar-refractivity contribution in [3.63, 3.8) is 0 Å². The van der Waals surface area contributed by atoms with E-state index in [-0.39, 0.29) is 5.91 Å². The minimum atomic E-state index is -0.137. The smallest absolute Gasteiger partial charge is 0.254 e. The lowest BCUT2D eigenvalue weighted by Crippen LogP contribution is -2.27. The molecule has 90 valence electrons. The Morgan fingerprint density at radius 1 is 1.50 bits per heavy atom. The minimum absolute atomic E-state index is 0.137. The maximum Gasteiger partial charge on any atom is 0.254 e. The number of aromatic nitrogens is 2. The number of amides is 1. The molecule has 16 heavy (non-hydrogen) atoms. The zero-order valence-electron chi connectivity index (χ0n) is 9.58. The van der Waals surface area contributed by atoms with Crippen LogP contribution < -0.4 is 5.32 Å². The van der Waals surface area contributed by atoms with E-state index < -0.39 is 0 Å². The van der Waals surface area contributed by atoms with E-state index in [0.717, 1.165) is 5.69 Å². The van der Waals surface area contributed by atoms with Gasteiger partial charge in [-0.25, -0.2) is 0 Å². The van der Waals surface area contributed by atoms with Crippen LogP contribution >= 0.6 is 0 Å². The molecule has 0 saturated carbocycles. The van der Waals surface area contributed by atoms with Gasteiger partial charge in [-0.15, -0.1) is 0 Å². The Kier molecular flexibility index (Phi) is 5.52. The molecule has 0 bridgehead atoms. The molecule has 0 aromatic carbocycles. The third kappa shape index (κ3) is 4.00. The van der Waals surface area contributed by atoms with Gasteiger partial charge in [-0.2, -0.15) is 5.10 Å². The molecule has 1 rings (SSSR count). The summed E-state index contributed by atoms with van der Waals surface area (Å²) in [6.07, 6.45) is 1.51. The summed E-state index contributed by atoms with van der Waals surface area (Å²) in [5, 5.41) is 9.23. The second-order valence-corrected chi connectivity index (χ2v) is 3.27. The number of rotatable bonds is 7. The molecule has 2 N–H and O–H groups in total. The molecule has 6 nitrogen and oxygen atoms in total. The first-order chi connectivity index (χ1) is 7.75. The van der Waals surface area contributed by atoms with E-state index in [1.165, 1.54) is 6.20 Å². The third-order valence-corrected chi connectivity index (χ3v) is 2.04. The van der Waals surface area contributed by atoms with Gasteiger partial charge in [-0.1, -0.05) is 0 Å². The zero-order chi connectivity index (χ0) is 11.8. The van der Waals surface area contributed by atoms with Crippen molar-refractivity contribution < 1.29 is 14.3 Å². The number of methoxy groups -OCH3 is 1. The second kappa shape index (κ2) is 6.97. The molecule has 1 amide bonds. The van der Waals surface area contributed by atoms with Crippen molar-refractivity contribution in [3.8, 4) is 0 Å². The highest BCUT2D eigenvalue weighted by Gasteiger charge is 2.09. The van der Waals surface area contributed by atoms with Crippen LogP contribution in [0.3, 0.4) is 0 Å². The maximum atomic E-state index is 11.6. The molecule has 1 heterocycles. The van der Waals surface area contributed by atoms with Gasteiger partial charge in [-0.3, -0.25) is 9.89 Å². The number of ether oxygens (including phenoxy) is 2. The second-order valence-electron chi connectivity index (χ2n) is 3.27. The van der Waals surface area contributed by atoms with Gasteiger partial charge in [-0.05, 0) is 6.92 Å². The summed E-state index contributed by atoms with van der Waals surface area (Å²) in [5.74, 6) is -0.137. The zero-order valence-corrected chi connectivity index (χ0v) is 9.58. The fraction of sp³-hybridized carbons (Fsp3) is 0.600. The Morgan fingerprint density at radius 2 is 2.31 bits per heavy atom. The molecular weight excluding hydrogens is 210 g/mol. The molecule has 0 radical (unpaired) electrons. The lowest BCUT2D eigenvalue weighted by molar-refractivity contribution is 0.0692. The average molecular weight is 227 g/mol. The monoisotopic (exact) mass is 227 g/mol. The van der Waals surface area contributed by atoms with E-state index in [2.05, 4.69) is 15.5 Å². The number of hydrogen-bond donors (Lipinski definition) is 2. The first-order valence-corrected chi connectivity index (χ1v) is 5.10. The van der Waals surface area contributed by atoms with Crippen molar-refractivity contribution in [2.45, 2.75) is 6.92 Å². The molecule has 0 aliphatic carbocycles. The first-order valence-electron chi connectivity index (χ1n) is 5.10. The molecule has 0 atom stereocenters. The normalized spacial score (nSPS) is 10.4. The molecule has 0 saturated heterocycles. The van der Waals surface area contributed by atoms with Crippen LogP contribution in [-0.2, 0) is 9.47 Å². The molecular formula is C10H17N3O3. The van der Waals surface area contributed by atoms with Crippen molar-refractivity contribution in [2.75, 3.05) is 33.5 Å². The minimum Gasteiger partial charge on any atom is -0.382 e. The molecule has 6 heteroatoms. The van der Waals surface area contributed by atoms with Gasteiger partial charge in [0.2, 0.25) is 0 Å². The van der Waals surface area contributed by atoms with Crippen molar-refractivity contribution in [3.05, 3.63) is 17.5 Å². The highest BCUT2D eigenvalue weighted by molar-refractivity contribution is 5.94. The van der Waals surface area contributed by atoms with E-state index in [1.54, 1.807) is 14.0 Å². The highest BCUT2D eigenvalue weighted by atomic mass is 16.5. The highest BCUT2D eigenvalue weighted by Crippen LogP contribution is 2.01. The topological polar surface area (TPSA) is 76.2 Å². The summed E-state index contributed by atoms with van der Waals surface area (Å²) in [7, 11) is 1.62. The summed E-state index contributed by atoms with van der Waals surface area (Å²) < 4.78 is 10.0. The lowest BCUT2D eigenvalue weighted by atomic mass is 10.2. The van der Waals surface area contributed by atoms with E-state index >= 15 is 0 Å². The van der Waals surface area contributed by atoms with Gasteiger partial charge in [0, 0.05) is 19.3 Å². The Hall–Kier alpha value is -1.40. The number of hydrogen-bond acceptors (Lipinski definition) is 4. The molecule has 1 aromatic heterocycles. The molecule has 0 unspecified atom stereocenters. The standard InChI is InChI=1S/C10H17N3O3/c1-8-9(7-12-13-8)10(14)11-3-4-16-6-5-15-2/h7H,3-6H2,1-2H3,(H,11,14)(H,12,13). The number of aryl methyl sites for hydroxylation is 1. The third-order valence-electron chi connectivity index (χ3n) is 2.04. The summed E-state index contributed by atoms with van der Waals surface area (Å²) in [6.45, 7) is 3.86. The number of aromatic amines is 1. The van der Waals surface area contributed by atoms with Crippen LogP contribution in [0.4, 0.5) is 0 Å². The summed E-state index contributed by atoms with van der Waals surface area (Å²) in [6, 6.07) is 0. The van der Waals surface area contributed by atoms with Gasteiger partial charge in [0.15, 0.2) is 0 Å². The van der Waals surface area contributed by atoms with Crippen LogP contribution in [-0.4, -0.2) is 49.6 Å². The Morgan fingerprint density at radius 3 is 2.94 bits per heavy atom. The predicted octanol–water partition coefficient (Wildman–Crippen LogP) is 0.111. The molecule has 0 spiro atoms. The summed E-state index contributed by atoms with van der Waals surface area (Å²) in [5.41, 5.74) is 1.33. The Balaban J connectivity index is 2.14. The number of carbonyl (C=O) groups is 1. The molecule has 1 aromatic rings. The number of nitrogens with one attached hydrogen (secondary N) is 2. The van der Waals surface area contributed by atoms with E-state index in [1.807, 2.05) is 0 Å². The largest absolute Gasteiger partial charge is 0.382 e. The van der Waals surface area contributed by atoms with Crippen molar-refractivity contribution in [1.82, 2.24) is 15.5 Å². The van der Waals surface area contributed by atoms with E-state index in [4.69, 9.17) is 9.47 Å². The molecule has 0 aliphatic rings. The molecule has 0 fully saturated rings. The van der Waals surface area contributed by atoms with Gasteiger partial charge in [0.05, 0.1) is 31.6 Å². The van der Waals surface area contributed by atoms with Gasteiger partial charge in [0.25, 0.3) is 5.91 Å². The quantitative estimate of drug-likeness (QED) is 0.648. The van der Waals surface area contributed by atoms with Crippen LogP contribution in [0.1, 0.15) is 16.1 Å². The van der Waals surface area contributed by atoms with E-state index in [9.17, 15) is 4.79 Å². The fourth-order valence-corrected chi connectivity index (χ4v) is 1.16. The van der Waals surface area contributed by atoms with Crippen LogP contribution in [0.2, 0.25) is 0 Å². The van der Waals surface area contributed by atoms with Gasteiger partial charge < -0.3 is 14.8 Å². The lowest BCUT2D eigenvalue weighted by Gasteiger charge is -2.05. The fourth-order valence-electron chi connectivity index (χ4n) is 1.16. The summed E-state index contributed by atoms with van der Waals surface area (Å²) in [4.78, 5) is 11.6. The van der Waals surface area contributed by atoms with Crippen molar-refractivity contribution >= 4 is 5.91 Å². The number of nitrogens with zero attached hydrogens (tertiary/aromatic N) is 1. The Bertz CT molecular complexity index is 325. The van der Waals surface area contributed by atoms with Crippen LogP contribution in [0.25, 0.3) is 0 Å². The maximum absolute atomic E-state index is 11.6. The van der Waals surface area contributed by atoms with Crippen LogP contribution in [0.15, 0.2) is 6.20 Å². The van der Waals surface area contributed by atoms with Crippen LogP contribution in [0.5, 0.6) is 0 Å². The van der Waals surface area contributed by atoms with Crippen molar-refractivity contribution in [1.29, 1.82) is 0 Å². The van der Waals surface area contributed by atoms with Gasteiger partial charge >= 0.3 is 0 Å². The SMILES string of the molecule is COCCOCCNC(=O)c1cn[nH]c1C. The number of H-pyrrole nitrogens is 1. The summed E-state index contributed by atoms with van der Waals surface area (Å²) >= 11 is 0. The van der Waals surface area contributed by atoms with Gasteiger partial charge in [0.1, 0.15) is 0 Å². The average Bonchev–Trinajstić information content (AvgIpc) is 2.69. The van der Waals surface area contributed by atoms with Crippen molar-refractivity contribution in [2.24, 2.45) is 0 Å². The molecule has 0 aliphatic heterocycles. The van der Waals surface area contributed by atoms with Crippen LogP contribution in [0, 0.1) is 6.92 Å².